The molecule has 1 N–H and O–H groups in total. The maximum atomic E-state index is 11.8. The second kappa shape index (κ2) is 5.69. The maximum Gasteiger partial charge on any atom is 0.244 e. The highest BCUT2D eigenvalue weighted by Crippen LogP contribution is 2.18. The van der Waals surface area contributed by atoms with Crippen LogP contribution in [-0.2, 0) is 21.7 Å². The monoisotopic (exact) mass is 308 g/mol. The fourth-order valence-electron chi connectivity index (χ4n) is 2.22. The van der Waals surface area contributed by atoms with Crippen LogP contribution in [0.25, 0.3) is 0 Å². The third-order valence-electron chi connectivity index (χ3n) is 3.67. The van der Waals surface area contributed by atoms with Gasteiger partial charge in [-0.25, -0.2) is 13.8 Å². The first-order chi connectivity index (χ1) is 9.84. The van der Waals surface area contributed by atoms with Gasteiger partial charge in [-0.15, -0.1) is 0 Å². The number of rotatable bonds is 3. The number of hydrogen-bond acceptors (Lipinski definition) is 5. The van der Waals surface area contributed by atoms with Gasteiger partial charge in [0.1, 0.15) is 11.8 Å². The van der Waals surface area contributed by atoms with Gasteiger partial charge >= 0.3 is 0 Å². The van der Waals surface area contributed by atoms with Gasteiger partial charge in [0, 0.05) is 18.3 Å². The van der Waals surface area contributed by atoms with Gasteiger partial charge < -0.3 is 4.57 Å². The molecule has 0 spiro atoms. The Morgan fingerprint density at radius 3 is 2.86 bits per heavy atom. The molecular weight excluding hydrogens is 292 g/mol. The number of nitrogens with one attached hydrogen (secondary N) is 1. The van der Waals surface area contributed by atoms with Gasteiger partial charge in [-0.1, -0.05) is 0 Å². The lowest BCUT2D eigenvalue weighted by Gasteiger charge is -2.04. The van der Waals surface area contributed by atoms with Crippen LogP contribution in [0.3, 0.4) is 0 Å². The zero-order valence-electron chi connectivity index (χ0n) is 11.8. The molecule has 0 saturated carbocycles. The Morgan fingerprint density at radius 1 is 1.62 bits per heavy atom. The summed E-state index contributed by atoms with van der Waals surface area (Å²) in [6, 6.07) is 3.73. The van der Waals surface area contributed by atoms with E-state index in [1.54, 1.807) is 17.7 Å². The first-order valence-corrected chi connectivity index (χ1v) is 8.26. The normalized spacial score (nSPS) is 20.5. The Balaban J connectivity index is 2.00. The molecule has 0 aromatic carbocycles. The van der Waals surface area contributed by atoms with Crippen molar-refractivity contribution in [1.29, 1.82) is 5.26 Å². The lowest BCUT2D eigenvalue weighted by Crippen LogP contribution is -2.27. The van der Waals surface area contributed by atoms with Gasteiger partial charge in [0.15, 0.2) is 9.84 Å². The van der Waals surface area contributed by atoms with Crippen LogP contribution in [0.15, 0.2) is 11.2 Å². The first-order valence-electron chi connectivity index (χ1n) is 6.44. The molecular formula is C13H16N4O3S. The van der Waals surface area contributed by atoms with Crippen molar-refractivity contribution in [3.05, 3.63) is 23.0 Å². The molecule has 0 bridgehead atoms. The van der Waals surface area contributed by atoms with Crippen LogP contribution in [0.5, 0.6) is 0 Å². The van der Waals surface area contributed by atoms with E-state index >= 15 is 0 Å². The lowest BCUT2D eigenvalue weighted by atomic mass is 10.1. The fourth-order valence-corrected chi connectivity index (χ4v) is 3.96. The van der Waals surface area contributed by atoms with E-state index in [1.807, 2.05) is 6.92 Å². The second-order valence-corrected chi connectivity index (χ2v) is 7.30. The zero-order chi connectivity index (χ0) is 15.6. The molecule has 1 fully saturated rings. The van der Waals surface area contributed by atoms with Crippen molar-refractivity contribution in [2.24, 2.45) is 18.1 Å². The van der Waals surface area contributed by atoms with Gasteiger partial charge in [-0.3, -0.25) is 4.79 Å². The van der Waals surface area contributed by atoms with Gasteiger partial charge in [-0.2, -0.15) is 10.4 Å². The molecule has 1 aliphatic rings. The predicted molar refractivity (Wildman–Crippen MR) is 77.4 cm³/mol. The highest BCUT2D eigenvalue weighted by atomic mass is 32.2. The number of sulfone groups is 1. The number of carbonyl (C=O) groups is 1. The number of amides is 1. The van der Waals surface area contributed by atoms with E-state index in [0.29, 0.717) is 12.1 Å². The summed E-state index contributed by atoms with van der Waals surface area (Å²) in [6.07, 6.45) is 1.80. The van der Waals surface area contributed by atoms with E-state index < -0.39 is 15.8 Å². The summed E-state index contributed by atoms with van der Waals surface area (Å²) < 4.78 is 24.3. The third kappa shape index (κ3) is 3.31. The van der Waals surface area contributed by atoms with E-state index in [9.17, 15) is 13.2 Å². The number of hydrogen-bond donors (Lipinski definition) is 1. The summed E-state index contributed by atoms with van der Waals surface area (Å²) in [7, 11) is -1.31. The highest BCUT2D eigenvalue weighted by Gasteiger charge is 2.32. The number of nitriles is 1. The molecule has 1 aromatic heterocycles. The molecule has 8 heteroatoms. The van der Waals surface area contributed by atoms with Crippen LogP contribution in [0.4, 0.5) is 0 Å². The number of carbonyl (C=O) groups excluding carboxylic acids is 1. The van der Waals surface area contributed by atoms with Crippen LogP contribution >= 0.6 is 0 Å². The predicted octanol–water partition coefficient (Wildman–Crippen LogP) is 0.0900. The van der Waals surface area contributed by atoms with Crippen molar-refractivity contribution in [2.45, 2.75) is 13.3 Å². The van der Waals surface area contributed by atoms with Crippen molar-refractivity contribution in [3.8, 4) is 6.07 Å². The van der Waals surface area contributed by atoms with Gasteiger partial charge in [0.2, 0.25) is 5.91 Å². The topological polar surface area (TPSA) is 104 Å². The molecule has 1 atom stereocenters. The molecule has 7 nitrogen and oxygen atoms in total. The third-order valence-corrected chi connectivity index (χ3v) is 5.44. The van der Waals surface area contributed by atoms with Gasteiger partial charge in [0.25, 0.3) is 0 Å². The summed E-state index contributed by atoms with van der Waals surface area (Å²) in [4.78, 5) is 11.8. The van der Waals surface area contributed by atoms with Crippen LogP contribution in [0.1, 0.15) is 23.4 Å². The summed E-state index contributed by atoms with van der Waals surface area (Å²) in [6.45, 7) is 1.84. The van der Waals surface area contributed by atoms with Crippen LogP contribution in [0.2, 0.25) is 0 Å². The van der Waals surface area contributed by atoms with Crippen LogP contribution < -0.4 is 5.43 Å². The first kappa shape index (κ1) is 15.3. The Kier molecular flexibility index (Phi) is 4.14. The minimum Gasteiger partial charge on any atom is -0.339 e. The SMILES string of the molecule is Cc1c(/C=N\NC(=O)[C@@H]2CCS(=O)(=O)C2)cc(C#N)n1C. The van der Waals surface area contributed by atoms with Gasteiger partial charge in [0.05, 0.1) is 23.6 Å². The number of aromatic nitrogens is 1. The van der Waals surface area contributed by atoms with Crippen LogP contribution in [-0.4, -0.2) is 36.6 Å². The second-order valence-electron chi connectivity index (χ2n) is 5.08. The van der Waals surface area contributed by atoms with E-state index in [2.05, 4.69) is 16.6 Å². The largest absolute Gasteiger partial charge is 0.339 e. The van der Waals surface area contributed by atoms with Crippen molar-refractivity contribution in [3.63, 3.8) is 0 Å². The van der Waals surface area contributed by atoms with Crippen molar-refractivity contribution in [1.82, 2.24) is 9.99 Å². The fraction of sp³-hybridized carbons (Fsp3) is 0.462. The van der Waals surface area contributed by atoms with E-state index in [4.69, 9.17) is 5.26 Å². The minimum atomic E-state index is -3.08. The summed E-state index contributed by atoms with van der Waals surface area (Å²) in [5, 5.41) is 12.8. The quantitative estimate of drug-likeness (QED) is 0.631. The molecule has 21 heavy (non-hydrogen) atoms. The maximum absolute atomic E-state index is 11.8. The lowest BCUT2D eigenvalue weighted by molar-refractivity contribution is -0.124. The summed E-state index contributed by atoms with van der Waals surface area (Å²) in [5.74, 6) is -0.977. The molecule has 2 heterocycles. The van der Waals surface area contributed by atoms with E-state index in [1.165, 1.54) is 6.21 Å². The molecule has 1 saturated heterocycles. The van der Waals surface area contributed by atoms with E-state index in [0.717, 1.165) is 11.3 Å². The van der Waals surface area contributed by atoms with Crippen LogP contribution in [0, 0.1) is 24.2 Å². The summed E-state index contributed by atoms with van der Waals surface area (Å²) >= 11 is 0. The Bertz CT molecular complexity index is 740. The smallest absolute Gasteiger partial charge is 0.244 e. The van der Waals surface area contributed by atoms with Gasteiger partial charge in [-0.05, 0) is 19.4 Å². The Labute approximate surface area is 123 Å². The van der Waals surface area contributed by atoms with Crippen molar-refractivity contribution in [2.75, 3.05) is 11.5 Å². The Hall–Kier alpha value is -2.14. The van der Waals surface area contributed by atoms with Crippen molar-refractivity contribution < 1.29 is 13.2 Å². The zero-order valence-corrected chi connectivity index (χ0v) is 12.6. The molecule has 1 aliphatic heterocycles. The molecule has 1 amide bonds. The average Bonchev–Trinajstić information content (AvgIpc) is 2.92. The number of hydrazone groups is 1. The molecule has 0 unspecified atom stereocenters. The average molecular weight is 308 g/mol. The molecule has 0 aliphatic carbocycles. The molecule has 1 aromatic rings. The Morgan fingerprint density at radius 2 is 2.33 bits per heavy atom. The molecule has 2 rings (SSSR count). The summed E-state index contributed by atoms with van der Waals surface area (Å²) in [5.41, 5.74) is 4.45. The molecule has 112 valence electrons. The standard InChI is InChI=1S/C13H16N4O3S/c1-9-11(5-12(6-14)17(9)2)7-15-16-13(18)10-3-4-21(19,20)8-10/h5,7,10H,3-4,8H2,1-2H3,(H,16,18)/b15-7-/t10-/m1/s1. The highest BCUT2D eigenvalue weighted by molar-refractivity contribution is 7.91. The molecule has 0 radical (unpaired) electrons. The van der Waals surface area contributed by atoms with Crippen molar-refractivity contribution >= 4 is 22.0 Å². The number of nitrogens with zero attached hydrogens (tertiary/aromatic N) is 3. The van der Waals surface area contributed by atoms with E-state index in [-0.39, 0.29) is 17.4 Å². The minimum absolute atomic E-state index is 0.0537.